The van der Waals surface area contributed by atoms with Crippen molar-refractivity contribution in [3.8, 4) is 0 Å². The van der Waals surface area contributed by atoms with Gasteiger partial charge >= 0.3 is 6.09 Å². The summed E-state index contributed by atoms with van der Waals surface area (Å²) in [4.78, 5) is 47.3. The maximum absolute atomic E-state index is 12.0. The van der Waals surface area contributed by atoms with Crippen molar-refractivity contribution >= 4 is 35.4 Å². The predicted molar refractivity (Wildman–Crippen MR) is 102 cm³/mol. The number of unbranched alkanes of at least 4 members (excludes halogenated alkanes) is 1. The van der Waals surface area contributed by atoms with Gasteiger partial charge in [-0.05, 0) is 19.8 Å². The third-order valence-electron chi connectivity index (χ3n) is 3.77. The number of amides is 4. The van der Waals surface area contributed by atoms with E-state index in [1.807, 2.05) is 0 Å². The zero-order valence-corrected chi connectivity index (χ0v) is 17.1. The number of hydrogen-bond donors (Lipinski definition) is 3. The molecule has 0 saturated carbocycles. The minimum absolute atomic E-state index is 0.00130. The van der Waals surface area contributed by atoms with Crippen LogP contribution in [0.3, 0.4) is 0 Å². The molecular formula is C17H31ClN4O5. The van der Waals surface area contributed by atoms with E-state index in [-0.39, 0.29) is 42.8 Å². The molecule has 156 valence electrons. The highest BCUT2D eigenvalue weighted by Crippen LogP contribution is 2.05. The number of halogens is 1. The van der Waals surface area contributed by atoms with Gasteiger partial charge in [-0.1, -0.05) is 0 Å². The lowest BCUT2D eigenvalue weighted by molar-refractivity contribution is -0.130. The van der Waals surface area contributed by atoms with Crippen molar-refractivity contribution < 1.29 is 23.9 Å². The van der Waals surface area contributed by atoms with Crippen LogP contribution in [0.25, 0.3) is 0 Å². The van der Waals surface area contributed by atoms with Gasteiger partial charge in [0.05, 0.1) is 0 Å². The molecule has 0 aromatic heterocycles. The quantitative estimate of drug-likeness (QED) is 0.306. The summed E-state index contributed by atoms with van der Waals surface area (Å²) >= 11 is 5.33. The first-order valence-electron chi connectivity index (χ1n) is 9.01. The first-order valence-corrected chi connectivity index (χ1v) is 9.55. The summed E-state index contributed by atoms with van der Waals surface area (Å²) in [5.41, 5.74) is 0. The second-order valence-electron chi connectivity index (χ2n) is 6.11. The number of hydrogen-bond acceptors (Lipinski definition) is 5. The van der Waals surface area contributed by atoms with Crippen LogP contribution < -0.4 is 16.0 Å². The second-order valence-corrected chi connectivity index (χ2v) is 6.38. The summed E-state index contributed by atoms with van der Waals surface area (Å²) in [7, 11) is 3.29. The van der Waals surface area contributed by atoms with Crippen LogP contribution >= 0.6 is 11.6 Å². The number of nitrogens with zero attached hydrogens (tertiary/aromatic N) is 1. The van der Waals surface area contributed by atoms with E-state index in [2.05, 4.69) is 16.0 Å². The fourth-order valence-corrected chi connectivity index (χ4v) is 2.17. The Kier molecular flexibility index (Phi) is 13.9. The van der Waals surface area contributed by atoms with Gasteiger partial charge in [0, 0.05) is 53.0 Å². The Bertz CT molecular complexity index is 490. The van der Waals surface area contributed by atoms with Gasteiger partial charge in [-0.25, -0.2) is 4.79 Å². The molecule has 1 unspecified atom stereocenters. The number of alkyl halides is 1. The lowest BCUT2D eigenvalue weighted by Crippen LogP contribution is -2.37. The van der Waals surface area contributed by atoms with E-state index in [9.17, 15) is 19.2 Å². The molecule has 0 saturated heterocycles. The fourth-order valence-electron chi connectivity index (χ4n) is 2.07. The van der Waals surface area contributed by atoms with Crippen molar-refractivity contribution in [1.82, 2.24) is 20.9 Å². The highest BCUT2D eigenvalue weighted by Gasteiger charge is 2.13. The van der Waals surface area contributed by atoms with Gasteiger partial charge in [0.1, 0.15) is 12.0 Å². The largest absolute Gasteiger partial charge is 0.446 e. The van der Waals surface area contributed by atoms with E-state index in [1.165, 1.54) is 0 Å². The van der Waals surface area contributed by atoms with Crippen LogP contribution in [0.15, 0.2) is 0 Å². The Balaban J connectivity index is 3.83. The van der Waals surface area contributed by atoms with Crippen molar-refractivity contribution in [3.05, 3.63) is 0 Å². The standard InChI is InChI=1S/C17H31ClN4O5/c1-13(27-17(26)21-10-9-20-15(24)12-18)8-11-22(3)16(25)7-5-4-6-14(23)19-2/h13H,4-12H2,1-3H3,(H,19,23)(H,20,24)(H,21,26). The molecule has 0 aliphatic heterocycles. The van der Waals surface area contributed by atoms with Gasteiger partial charge in [0.25, 0.3) is 0 Å². The van der Waals surface area contributed by atoms with E-state index >= 15 is 0 Å². The Morgan fingerprint density at radius 3 is 2.30 bits per heavy atom. The molecule has 0 rings (SSSR count). The third-order valence-corrected chi connectivity index (χ3v) is 4.01. The van der Waals surface area contributed by atoms with Crippen LogP contribution in [-0.2, 0) is 19.1 Å². The minimum atomic E-state index is -0.578. The van der Waals surface area contributed by atoms with Gasteiger partial charge in [-0.3, -0.25) is 14.4 Å². The molecule has 0 aromatic rings. The number of carbonyl (C=O) groups excluding carboxylic acids is 4. The molecule has 9 nitrogen and oxygen atoms in total. The van der Waals surface area contributed by atoms with E-state index in [1.54, 1.807) is 25.9 Å². The molecule has 10 heteroatoms. The van der Waals surface area contributed by atoms with Crippen LogP contribution in [0, 0.1) is 0 Å². The summed E-state index contributed by atoms with van der Waals surface area (Å²) in [5, 5.41) is 7.58. The maximum Gasteiger partial charge on any atom is 0.407 e. The topological polar surface area (TPSA) is 117 Å². The minimum Gasteiger partial charge on any atom is -0.446 e. The van der Waals surface area contributed by atoms with Crippen molar-refractivity contribution in [1.29, 1.82) is 0 Å². The van der Waals surface area contributed by atoms with Gasteiger partial charge < -0.3 is 25.6 Å². The number of ether oxygens (including phenoxy) is 1. The van der Waals surface area contributed by atoms with E-state index in [0.29, 0.717) is 38.6 Å². The molecule has 0 spiro atoms. The number of rotatable bonds is 13. The number of alkyl carbamates (subject to hydrolysis) is 1. The van der Waals surface area contributed by atoms with Crippen LogP contribution in [0.4, 0.5) is 4.79 Å². The molecule has 0 fully saturated rings. The molecule has 0 aliphatic carbocycles. The summed E-state index contributed by atoms with van der Waals surface area (Å²) in [6.45, 7) is 2.72. The van der Waals surface area contributed by atoms with Crippen molar-refractivity contribution in [2.75, 3.05) is 39.6 Å². The lowest BCUT2D eigenvalue weighted by atomic mass is 10.1. The van der Waals surface area contributed by atoms with Gasteiger partial charge in [-0.15, -0.1) is 11.6 Å². The lowest BCUT2D eigenvalue weighted by Gasteiger charge is -2.20. The molecule has 4 amide bonds. The Hall–Kier alpha value is -2.03. The smallest absolute Gasteiger partial charge is 0.407 e. The Morgan fingerprint density at radius 2 is 1.67 bits per heavy atom. The number of carbonyl (C=O) groups is 4. The summed E-state index contributed by atoms with van der Waals surface area (Å²) < 4.78 is 5.18. The molecule has 1 atom stereocenters. The molecule has 3 N–H and O–H groups in total. The van der Waals surface area contributed by atoms with E-state index in [4.69, 9.17) is 16.3 Å². The average Bonchev–Trinajstić information content (AvgIpc) is 2.65. The number of nitrogens with one attached hydrogen (secondary N) is 3. The first-order chi connectivity index (χ1) is 12.8. The van der Waals surface area contributed by atoms with Crippen LogP contribution in [0.1, 0.15) is 39.0 Å². The van der Waals surface area contributed by atoms with E-state index in [0.717, 1.165) is 0 Å². The zero-order chi connectivity index (χ0) is 20.7. The summed E-state index contributed by atoms with van der Waals surface area (Å²) in [5.74, 6) is -0.455. The fraction of sp³-hybridized carbons (Fsp3) is 0.765. The predicted octanol–water partition coefficient (Wildman–Crippen LogP) is 0.611. The summed E-state index contributed by atoms with van der Waals surface area (Å²) in [6.07, 6.45) is 1.71. The highest BCUT2D eigenvalue weighted by atomic mass is 35.5. The van der Waals surface area contributed by atoms with Gasteiger partial charge in [0.15, 0.2) is 0 Å². The van der Waals surface area contributed by atoms with Crippen LogP contribution in [0.5, 0.6) is 0 Å². The molecule has 0 aromatic carbocycles. The summed E-state index contributed by atoms with van der Waals surface area (Å²) in [6, 6.07) is 0. The first kappa shape index (κ1) is 25.0. The zero-order valence-electron chi connectivity index (χ0n) is 16.3. The molecule has 0 bridgehead atoms. The van der Waals surface area contributed by atoms with Crippen molar-refractivity contribution in [2.45, 2.75) is 45.1 Å². The molecular weight excluding hydrogens is 376 g/mol. The highest BCUT2D eigenvalue weighted by molar-refractivity contribution is 6.27. The van der Waals surface area contributed by atoms with Crippen LogP contribution in [0.2, 0.25) is 0 Å². The van der Waals surface area contributed by atoms with Crippen LogP contribution in [-0.4, -0.2) is 74.4 Å². The SMILES string of the molecule is CNC(=O)CCCCC(=O)N(C)CCC(C)OC(=O)NCCNC(=O)CCl. The average molecular weight is 407 g/mol. The Morgan fingerprint density at radius 1 is 1.04 bits per heavy atom. The monoisotopic (exact) mass is 406 g/mol. The molecule has 0 heterocycles. The van der Waals surface area contributed by atoms with Gasteiger partial charge in [-0.2, -0.15) is 0 Å². The maximum atomic E-state index is 12.0. The molecule has 27 heavy (non-hydrogen) atoms. The molecule has 0 radical (unpaired) electrons. The van der Waals surface area contributed by atoms with Crippen molar-refractivity contribution in [2.24, 2.45) is 0 Å². The Labute approximate surface area is 165 Å². The second kappa shape index (κ2) is 15.1. The van der Waals surface area contributed by atoms with Gasteiger partial charge in [0.2, 0.25) is 17.7 Å². The van der Waals surface area contributed by atoms with Crippen molar-refractivity contribution in [3.63, 3.8) is 0 Å². The third kappa shape index (κ3) is 13.8. The normalized spacial score (nSPS) is 11.3. The molecule has 0 aliphatic rings. The van der Waals surface area contributed by atoms with E-state index < -0.39 is 6.09 Å².